The van der Waals surface area contributed by atoms with Crippen LogP contribution in [-0.2, 0) is 4.74 Å². The van der Waals surface area contributed by atoms with Gasteiger partial charge in [0, 0.05) is 0 Å². The number of aliphatic hydroxyl groups excluding tert-OH is 1. The van der Waals surface area contributed by atoms with Crippen molar-refractivity contribution in [3.63, 3.8) is 0 Å². The first kappa shape index (κ1) is 11.5. The van der Waals surface area contributed by atoms with Crippen LogP contribution in [-0.4, -0.2) is 24.4 Å². The SMILES string of the molecule is CCOC(=O)NC[C@@H](O)c1ccccc1. The van der Waals surface area contributed by atoms with Gasteiger partial charge in [0.15, 0.2) is 0 Å². The molecule has 1 amide bonds. The van der Waals surface area contributed by atoms with Crippen LogP contribution < -0.4 is 5.32 Å². The highest BCUT2D eigenvalue weighted by Crippen LogP contribution is 2.10. The van der Waals surface area contributed by atoms with E-state index in [0.29, 0.717) is 6.61 Å². The Kier molecular flexibility index (Phi) is 4.63. The molecule has 0 aromatic heterocycles. The summed E-state index contributed by atoms with van der Waals surface area (Å²) in [5.74, 6) is 0. The molecule has 1 rings (SSSR count). The van der Waals surface area contributed by atoms with E-state index in [1.807, 2.05) is 18.2 Å². The summed E-state index contributed by atoms with van der Waals surface area (Å²) in [5.41, 5.74) is 0.772. The van der Waals surface area contributed by atoms with E-state index in [1.54, 1.807) is 19.1 Å². The summed E-state index contributed by atoms with van der Waals surface area (Å²) in [5, 5.41) is 12.1. The molecule has 4 heteroatoms. The molecular weight excluding hydrogens is 194 g/mol. The quantitative estimate of drug-likeness (QED) is 0.789. The van der Waals surface area contributed by atoms with E-state index >= 15 is 0 Å². The first-order valence-electron chi connectivity index (χ1n) is 4.87. The maximum absolute atomic E-state index is 10.9. The van der Waals surface area contributed by atoms with Gasteiger partial charge in [-0.05, 0) is 12.5 Å². The van der Waals surface area contributed by atoms with Gasteiger partial charge in [-0.25, -0.2) is 4.79 Å². The molecule has 15 heavy (non-hydrogen) atoms. The maximum Gasteiger partial charge on any atom is 0.407 e. The Hall–Kier alpha value is -1.55. The van der Waals surface area contributed by atoms with Crippen molar-refractivity contribution in [2.24, 2.45) is 0 Å². The molecule has 0 unspecified atom stereocenters. The molecule has 82 valence electrons. The smallest absolute Gasteiger partial charge is 0.407 e. The molecule has 0 aliphatic heterocycles. The largest absolute Gasteiger partial charge is 0.450 e. The third-order valence-electron chi connectivity index (χ3n) is 1.90. The predicted molar refractivity (Wildman–Crippen MR) is 56.4 cm³/mol. The molecule has 0 aliphatic rings. The van der Waals surface area contributed by atoms with Crippen molar-refractivity contribution < 1.29 is 14.6 Å². The Bertz CT molecular complexity index is 300. The average Bonchev–Trinajstić information content (AvgIpc) is 2.27. The molecule has 1 aromatic rings. The molecule has 0 saturated carbocycles. The van der Waals surface area contributed by atoms with Crippen LogP contribution >= 0.6 is 0 Å². The molecule has 0 spiro atoms. The third-order valence-corrected chi connectivity index (χ3v) is 1.90. The molecule has 0 radical (unpaired) electrons. The van der Waals surface area contributed by atoms with E-state index in [2.05, 4.69) is 10.1 Å². The third kappa shape index (κ3) is 3.99. The van der Waals surface area contributed by atoms with E-state index in [4.69, 9.17) is 0 Å². The number of rotatable bonds is 4. The topological polar surface area (TPSA) is 58.6 Å². The Morgan fingerprint density at radius 2 is 2.13 bits per heavy atom. The molecule has 4 nitrogen and oxygen atoms in total. The second kappa shape index (κ2) is 6.03. The van der Waals surface area contributed by atoms with E-state index in [9.17, 15) is 9.90 Å². The summed E-state index contributed by atoms with van der Waals surface area (Å²) in [6.07, 6.45) is -1.21. The first-order valence-corrected chi connectivity index (χ1v) is 4.87. The number of alkyl carbamates (subject to hydrolysis) is 1. The Balaban J connectivity index is 2.37. The molecule has 1 aromatic carbocycles. The highest BCUT2D eigenvalue weighted by Gasteiger charge is 2.08. The maximum atomic E-state index is 10.9. The number of amides is 1. The lowest BCUT2D eigenvalue weighted by Gasteiger charge is -2.11. The van der Waals surface area contributed by atoms with Gasteiger partial charge in [-0.15, -0.1) is 0 Å². The van der Waals surface area contributed by atoms with Crippen LogP contribution in [0.5, 0.6) is 0 Å². The zero-order chi connectivity index (χ0) is 11.1. The molecule has 0 aliphatic carbocycles. The summed E-state index contributed by atoms with van der Waals surface area (Å²) < 4.78 is 4.67. The van der Waals surface area contributed by atoms with Crippen molar-refractivity contribution in [3.8, 4) is 0 Å². The Morgan fingerprint density at radius 1 is 1.47 bits per heavy atom. The van der Waals surface area contributed by atoms with Gasteiger partial charge in [-0.2, -0.15) is 0 Å². The fraction of sp³-hybridized carbons (Fsp3) is 0.364. The van der Waals surface area contributed by atoms with Gasteiger partial charge in [0.05, 0.1) is 19.3 Å². The normalized spacial score (nSPS) is 11.9. The number of aliphatic hydroxyl groups is 1. The van der Waals surface area contributed by atoms with Crippen LogP contribution in [0.25, 0.3) is 0 Å². The molecule has 0 bridgehead atoms. The molecule has 0 saturated heterocycles. The zero-order valence-corrected chi connectivity index (χ0v) is 8.64. The van der Waals surface area contributed by atoms with Gasteiger partial charge in [-0.3, -0.25) is 0 Å². The Labute approximate surface area is 88.9 Å². The van der Waals surface area contributed by atoms with Crippen molar-refractivity contribution >= 4 is 6.09 Å². The summed E-state index contributed by atoms with van der Waals surface area (Å²) in [7, 11) is 0. The van der Waals surface area contributed by atoms with Crippen LogP contribution in [0.3, 0.4) is 0 Å². The van der Waals surface area contributed by atoms with Crippen molar-refractivity contribution in [1.29, 1.82) is 0 Å². The number of carbonyl (C=O) groups is 1. The fourth-order valence-corrected chi connectivity index (χ4v) is 1.16. The first-order chi connectivity index (χ1) is 7.24. The van der Waals surface area contributed by atoms with Crippen molar-refractivity contribution in [1.82, 2.24) is 5.32 Å². The summed E-state index contributed by atoms with van der Waals surface area (Å²) in [6, 6.07) is 9.15. The van der Waals surface area contributed by atoms with Gasteiger partial charge < -0.3 is 15.2 Å². The van der Waals surface area contributed by atoms with Crippen LogP contribution in [0, 0.1) is 0 Å². The van der Waals surface area contributed by atoms with E-state index in [1.165, 1.54) is 0 Å². The van der Waals surface area contributed by atoms with Crippen LogP contribution in [0.1, 0.15) is 18.6 Å². The standard InChI is InChI=1S/C11H15NO3/c1-2-15-11(14)12-8-10(13)9-6-4-3-5-7-9/h3-7,10,13H,2,8H2,1H3,(H,12,14)/t10-/m1/s1. The number of carbonyl (C=O) groups excluding carboxylic acids is 1. The number of hydrogen-bond acceptors (Lipinski definition) is 3. The lowest BCUT2D eigenvalue weighted by Crippen LogP contribution is -2.28. The highest BCUT2D eigenvalue weighted by molar-refractivity contribution is 5.67. The molecule has 0 heterocycles. The van der Waals surface area contributed by atoms with Gasteiger partial charge in [0.25, 0.3) is 0 Å². The number of nitrogens with one attached hydrogen (secondary N) is 1. The monoisotopic (exact) mass is 209 g/mol. The van der Waals surface area contributed by atoms with Crippen LogP contribution in [0.15, 0.2) is 30.3 Å². The van der Waals surface area contributed by atoms with Crippen LogP contribution in [0.2, 0.25) is 0 Å². The molecule has 2 N–H and O–H groups in total. The van der Waals surface area contributed by atoms with Crippen molar-refractivity contribution in [2.45, 2.75) is 13.0 Å². The highest BCUT2D eigenvalue weighted by atomic mass is 16.5. The predicted octanol–water partition coefficient (Wildman–Crippen LogP) is 1.47. The second-order valence-electron chi connectivity index (χ2n) is 3.03. The zero-order valence-electron chi connectivity index (χ0n) is 8.64. The summed E-state index contributed by atoms with van der Waals surface area (Å²) >= 11 is 0. The van der Waals surface area contributed by atoms with Gasteiger partial charge in [0.1, 0.15) is 0 Å². The number of benzene rings is 1. The van der Waals surface area contributed by atoms with Crippen LogP contribution in [0.4, 0.5) is 4.79 Å². The minimum atomic E-state index is -0.699. The minimum Gasteiger partial charge on any atom is -0.450 e. The minimum absolute atomic E-state index is 0.156. The van der Waals surface area contributed by atoms with E-state index in [-0.39, 0.29) is 6.54 Å². The van der Waals surface area contributed by atoms with Crippen molar-refractivity contribution in [3.05, 3.63) is 35.9 Å². The van der Waals surface area contributed by atoms with Crippen molar-refractivity contribution in [2.75, 3.05) is 13.2 Å². The second-order valence-corrected chi connectivity index (χ2v) is 3.03. The van der Waals surface area contributed by atoms with Gasteiger partial charge in [-0.1, -0.05) is 30.3 Å². The Morgan fingerprint density at radius 3 is 2.73 bits per heavy atom. The van der Waals surface area contributed by atoms with Gasteiger partial charge in [0.2, 0.25) is 0 Å². The average molecular weight is 209 g/mol. The fourth-order valence-electron chi connectivity index (χ4n) is 1.16. The lowest BCUT2D eigenvalue weighted by molar-refractivity contribution is 0.135. The molecule has 1 atom stereocenters. The van der Waals surface area contributed by atoms with E-state index in [0.717, 1.165) is 5.56 Å². The number of hydrogen-bond donors (Lipinski definition) is 2. The number of ether oxygens (including phenoxy) is 1. The molecular formula is C11H15NO3. The van der Waals surface area contributed by atoms with Gasteiger partial charge >= 0.3 is 6.09 Å². The summed E-state index contributed by atoms with van der Waals surface area (Å²) in [6.45, 7) is 2.21. The summed E-state index contributed by atoms with van der Waals surface area (Å²) in [4.78, 5) is 10.9. The molecule has 0 fully saturated rings. The van der Waals surface area contributed by atoms with E-state index < -0.39 is 12.2 Å². The lowest BCUT2D eigenvalue weighted by atomic mass is 10.1.